The summed E-state index contributed by atoms with van der Waals surface area (Å²) >= 11 is 0. The second-order valence-corrected chi connectivity index (χ2v) is 12.4. The summed E-state index contributed by atoms with van der Waals surface area (Å²) in [5.74, 6) is 0.566. The van der Waals surface area contributed by atoms with Crippen LogP contribution >= 0.6 is 0 Å². The minimum Gasteiger partial charge on any atom is -0.102 e. The fourth-order valence-corrected chi connectivity index (χ4v) is 6.21. The van der Waals surface area contributed by atoms with Gasteiger partial charge in [-0.25, -0.2) is 0 Å². The lowest BCUT2D eigenvalue weighted by Crippen LogP contribution is -2.41. The molecule has 0 fully saturated rings. The largest absolute Gasteiger partial charge is 0.102 e. The number of benzene rings is 1. The lowest BCUT2D eigenvalue weighted by molar-refractivity contribution is 0.642. The summed E-state index contributed by atoms with van der Waals surface area (Å²) in [5, 5.41) is 1.57. The van der Waals surface area contributed by atoms with E-state index in [1.165, 1.54) is 51.0 Å². The fourth-order valence-electron chi connectivity index (χ4n) is 3.48. The predicted octanol–water partition coefficient (Wildman–Crippen LogP) is 7.10. The molecular formula is C23H38Si. The van der Waals surface area contributed by atoms with Gasteiger partial charge in [-0.3, -0.25) is 0 Å². The number of unbranched alkanes of at least 4 members (excludes halogenated alkanes) is 4. The van der Waals surface area contributed by atoms with Crippen LogP contribution in [0.1, 0.15) is 58.8 Å². The third kappa shape index (κ3) is 7.21. The molecule has 1 atom stereocenters. The Morgan fingerprint density at radius 3 is 2.33 bits per heavy atom. The third-order valence-corrected chi connectivity index (χ3v) is 8.21. The summed E-state index contributed by atoms with van der Waals surface area (Å²) in [4.78, 5) is 0. The van der Waals surface area contributed by atoms with Crippen LogP contribution in [0.25, 0.3) is 0 Å². The van der Waals surface area contributed by atoms with E-state index in [1.54, 1.807) is 10.8 Å². The molecule has 0 aliphatic heterocycles. The van der Waals surface area contributed by atoms with E-state index in [1.807, 2.05) is 0 Å². The van der Waals surface area contributed by atoms with Crippen molar-refractivity contribution in [3.63, 3.8) is 0 Å². The fraction of sp³-hybridized carbons (Fsp3) is 0.565. The molecular weight excluding hydrogens is 304 g/mol. The maximum Gasteiger partial charge on any atom is 0.0846 e. The van der Waals surface area contributed by atoms with Gasteiger partial charge >= 0.3 is 0 Å². The lowest BCUT2D eigenvalue weighted by Gasteiger charge is -2.28. The lowest BCUT2D eigenvalue weighted by atomic mass is 9.94. The van der Waals surface area contributed by atoms with Gasteiger partial charge in [-0.15, -0.1) is 6.58 Å². The van der Waals surface area contributed by atoms with Crippen LogP contribution in [0.4, 0.5) is 0 Å². The Morgan fingerprint density at radius 2 is 1.75 bits per heavy atom. The van der Waals surface area contributed by atoms with E-state index in [4.69, 9.17) is 0 Å². The first-order chi connectivity index (χ1) is 11.5. The Hall–Kier alpha value is -1.08. The van der Waals surface area contributed by atoms with E-state index in [0.29, 0.717) is 5.92 Å². The molecule has 0 amide bonds. The Balaban J connectivity index is 2.87. The first-order valence-corrected chi connectivity index (χ1v) is 13.1. The van der Waals surface area contributed by atoms with E-state index in [-0.39, 0.29) is 0 Å². The summed E-state index contributed by atoms with van der Waals surface area (Å²) in [6.07, 6.45) is 13.9. The van der Waals surface area contributed by atoms with Crippen LogP contribution in [0.3, 0.4) is 0 Å². The molecule has 1 rings (SSSR count). The van der Waals surface area contributed by atoms with Gasteiger partial charge in [-0.2, -0.15) is 0 Å². The zero-order valence-corrected chi connectivity index (χ0v) is 17.5. The van der Waals surface area contributed by atoms with Crippen molar-refractivity contribution in [3.8, 4) is 0 Å². The molecule has 1 aromatic carbocycles. The first-order valence-electron chi connectivity index (χ1n) is 9.92. The topological polar surface area (TPSA) is 0 Å². The van der Waals surface area contributed by atoms with Crippen LogP contribution in [0.5, 0.6) is 0 Å². The summed E-state index contributed by atoms with van der Waals surface area (Å²) in [6.45, 7) is 13.7. The molecule has 0 radical (unpaired) electrons. The average Bonchev–Trinajstić information content (AvgIpc) is 2.59. The normalized spacial score (nSPS) is 13.8. The molecule has 0 N–H and O–H groups in total. The third-order valence-electron chi connectivity index (χ3n) is 5.03. The van der Waals surface area contributed by atoms with Crippen molar-refractivity contribution in [2.45, 2.75) is 77.9 Å². The van der Waals surface area contributed by atoms with Gasteiger partial charge < -0.3 is 0 Å². The number of hydrogen-bond acceptors (Lipinski definition) is 0. The molecule has 134 valence electrons. The summed E-state index contributed by atoms with van der Waals surface area (Å²) in [7, 11) is -1.44. The van der Waals surface area contributed by atoms with E-state index in [9.17, 15) is 0 Å². The minimum atomic E-state index is -1.44. The van der Waals surface area contributed by atoms with Gasteiger partial charge in [0.05, 0.1) is 8.07 Å². The van der Waals surface area contributed by atoms with Crippen LogP contribution in [-0.2, 0) is 0 Å². The van der Waals surface area contributed by atoms with Crippen LogP contribution in [0.2, 0.25) is 19.1 Å². The molecule has 1 aromatic rings. The molecule has 24 heavy (non-hydrogen) atoms. The molecule has 0 aliphatic carbocycles. The molecule has 0 aromatic heterocycles. The van der Waals surface area contributed by atoms with Gasteiger partial charge in [0, 0.05) is 0 Å². The second kappa shape index (κ2) is 11.5. The monoisotopic (exact) mass is 342 g/mol. The maximum absolute atomic E-state index is 4.14. The van der Waals surface area contributed by atoms with Crippen molar-refractivity contribution in [1.82, 2.24) is 0 Å². The molecule has 0 aliphatic rings. The van der Waals surface area contributed by atoms with E-state index >= 15 is 0 Å². The van der Waals surface area contributed by atoms with Crippen LogP contribution < -0.4 is 5.19 Å². The SMILES string of the molecule is C=CC(CCC)/C(=C/CCCCCC)C[Si](C)(C)c1ccccc1. The smallest absolute Gasteiger partial charge is 0.0846 e. The summed E-state index contributed by atoms with van der Waals surface area (Å²) in [6, 6.07) is 12.4. The van der Waals surface area contributed by atoms with Crippen LogP contribution in [-0.4, -0.2) is 8.07 Å². The van der Waals surface area contributed by atoms with Crippen LogP contribution in [0.15, 0.2) is 54.6 Å². The Bertz CT molecular complexity index is 484. The maximum atomic E-state index is 4.14. The molecule has 0 nitrogen and oxygen atoms in total. The highest BCUT2D eigenvalue weighted by molar-refractivity contribution is 6.90. The van der Waals surface area contributed by atoms with Crippen molar-refractivity contribution in [2.24, 2.45) is 5.92 Å². The van der Waals surface area contributed by atoms with Crippen molar-refractivity contribution in [2.75, 3.05) is 0 Å². The van der Waals surface area contributed by atoms with Gasteiger partial charge in [-0.1, -0.05) is 106 Å². The molecule has 0 bridgehead atoms. The summed E-state index contributed by atoms with van der Waals surface area (Å²) < 4.78 is 0. The van der Waals surface area contributed by atoms with Gasteiger partial charge in [0.15, 0.2) is 0 Å². The van der Waals surface area contributed by atoms with E-state index in [2.05, 4.69) is 76.0 Å². The van der Waals surface area contributed by atoms with Gasteiger partial charge in [-0.05, 0) is 31.2 Å². The highest BCUT2D eigenvalue weighted by Gasteiger charge is 2.26. The zero-order valence-electron chi connectivity index (χ0n) is 16.5. The molecule has 1 unspecified atom stereocenters. The van der Waals surface area contributed by atoms with Crippen molar-refractivity contribution in [1.29, 1.82) is 0 Å². The van der Waals surface area contributed by atoms with Crippen LogP contribution in [0, 0.1) is 5.92 Å². The van der Waals surface area contributed by atoms with E-state index < -0.39 is 8.07 Å². The second-order valence-electron chi connectivity index (χ2n) is 7.69. The van der Waals surface area contributed by atoms with Crippen molar-refractivity contribution in [3.05, 3.63) is 54.6 Å². The van der Waals surface area contributed by atoms with E-state index in [0.717, 1.165) is 0 Å². The predicted molar refractivity (Wildman–Crippen MR) is 114 cm³/mol. The van der Waals surface area contributed by atoms with Crippen molar-refractivity contribution < 1.29 is 0 Å². The number of allylic oxidation sites excluding steroid dienone is 3. The molecule has 1 heteroatoms. The molecule has 0 saturated heterocycles. The Kier molecular flexibility index (Phi) is 10.0. The van der Waals surface area contributed by atoms with Gasteiger partial charge in [0.1, 0.15) is 0 Å². The van der Waals surface area contributed by atoms with Gasteiger partial charge in [0.25, 0.3) is 0 Å². The molecule has 0 saturated carbocycles. The molecule has 0 heterocycles. The first kappa shape index (κ1) is 21.0. The Labute approximate surface area is 152 Å². The van der Waals surface area contributed by atoms with Gasteiger partial charge in [0.2, 0.25) is 0 Å². The standard InChI is InChI=1S/C23H38Si/c1-6-9-10-11-13-17-22(21(8-3)16-7-2)20-24(4,5)23-18-14-12-15-19-23/h8,12,14-15,17-19,21H,3,6-7,9-11,13,16,20H2,1-2,4-5H3/b22-17+. The quantitative estimate of drug-likeness (QED) is 0.216. The number of hydrogen-bond donors (Lipinski definition) is 0. The highest BCUT2D eigenvalue weighted by Crippen LogP contribution is 2.28. The summed E-state index contributed by atoms with van der Waals surface area (Å²) in [5.41, 5.74) is 1.66. The average molecular weight is 343 g/mol. The molecule has 0 spiro atoms. The number of rotatable bonds is 12. The zero-order chi connectivity index (χ0) is 17.8. The minimum absolute atomic E-state index is 0.566. The van der Waals surface area contributed by atoms with Crippen molar-refractivity contribution >= 4 is 13.3 Å². The highest BCUT2D eigenvalue weighted by atomic mass is 28.3. The Morgan fingerprint density at radius 1 is 1.04 bits per heavy atom.